The molecule has 18 heavy (non-hydrogen) atoms. The first-order chi connectivity index (χ1) is 8.52. The average Bonchev–Trinajstić information content (AvgIpc) is 2.73. The Morgan fingerprint density at radius 1 is 1.22 bits per heavy atom. The molecule has 2 heteroatoms. The monoisotopic (exact) mass is 247 g/mol. The van der Waals surface area contributed by atoms with Gasteiger partial charge in [0.2, 0.25) is 0 Å². The van der Waals surface area contributed by atoms with Crippen LogP contribution in [0.3, 0.4) is 0 Å². The van der Waals surface area contributed by atoms with Crippen molar-refractivity contribution in [3.63, 3.8) is 0 Å². The van der Waals surface area contributed by atoms with Gasteiger partial charge in [-0.05, 0) is 29.9 Å². The Hall–Kier alpha value is -0.860. The summed E-state index contributed by atoms with van der Waals surface area (Å²) in [6.07, 6.45) is 1.20. The van der Waals surface area contributed by atoms with Gasteiger partial charge in [0, 0.05) is 12.6 Å². The predicted molar refractivity (Wildman–Crippen MR) is 75.3 cm³/mol. The maximum atomic E-state index is 9.71. The second-order valence-electron chi connectivity index (χ2n) is 6.47. The summed E-state index contributed by atoms with van der Waals surface area (Å²) in [6.45, 7) is 9.18. The number of hydrogen-bond donors (Lipinski definition) is 1. The second kappa shape index (κ2) is 5.41. The zero-order valence-electron chi connectivity index (χ0n) is 11.8. The van der Waals surface area contributed by atoms with Gasteiger partial charge in [0.1, 0.15) is 0 Å². The van der Waals surface area contributed by atoms with Gasteiger partial charge in [0.05, 0.1) is 6.61 Å². The Bertz CT molecular complexity index is 368. The summed E-state index contributed by atoms with van der Waals surface area (Å²) in [5.74, 6) is 0.589. The first-order valence-corrected chi connectivity index (χ1v) is 6.91. The Labute approximate surface area is 111 Å². The molecule has 0 saturated carbocycles. The van der Waals surface area contributed by atoms with Crippen LogP contribution in [0.1, 0.15) is 32.8 Å². The van der Waals surface area contributed by atoms with Crippen LogP contribution in [0.4, 0.5) is 0 Å². The normalized spacial score (nSPS) is 25.6. The maximum absolute atomic E-state index is 9.71. The highest BCUT2D eigenvalue weighted by Gasteiger charge is 2.39. The van der Waals surface area contributed by atoms with Gasteiger partial charge in [0.25, 0.3) is 0 Å². The van der Waals surface area contributed by atoms with Gasteiger partial charge < -0.3 is 5.11 Å². The number of aliphatic hydroxyl groups is 1. The lowest BCUT2D eigenvalue weighted by atomic mass is 9.76. The summed E-state index contributed by atoms with van der Waals surface area (Å²) < 4.78 is 0. The smallest absolute Gasteiger partial charge is 0.0589 e. The molecule has 2 atom stereocenters. The van der Waals surface area contributed by atoms with Crippen molar-refractivity contribution in [1.29, 1.82) is 0 Å². The third-order valence-electron chi connectivity index (χ3n) is 4.19. The van der Waals surface area contributed by atoms with Crippen LogP contribution < -0.4 is 0 Å². The molecule has 1 N–H and O–H groups in total. The van der Waals surface area contributed by atoms with E-state index in [0.717, 1.165) is 13.1 Å². The van der Waals surface area contributed by atoms with Gasteiger partial charge >= 0.3 is 0 Å². The van der Waals surface area contributed by atoms with Crippen molar-refractivity contribution in [2.45, 2.75) is 39.8 Å². The number of nitrogens with zero attached hydrogens (tertiary/aromatic N) is 1. The summed E-state index contributed by atoms with van der Waals surface area (Å²) in [7, 11) is 0. The Morgan fingerprint density at radius 2 is 1.89 bits per heavy atom. The number of rotatable bonds is 3. The van der Waals surface area contributed by atoms with Crippen LogP contribution in [0.2, 0.25) is 0 Å². The van der Waals surface area contributed by atoms with Gasteiger partial charge in [-0.25, -0.2) is 0 Å². The fourth-order valence-electron chi connectivity index (χ4n) is 3.18. The van der Waals surface area contributed by atoms with E-state index in [1.807, 2.05) is 0 Å². The van der Waals surface area contributed by atoms with E-state index in [9.17, 15) is 5.11 Å². The molecule has 1 unspecified atom stereocenters. The summed E-state index contributed by atoms with van der Waals surface area (Å²) in [5.41, 5.74) is 1.62. The highest BCUT2D eigenvalue weighted by molar-refractivity contribution is 5.15. The van der Waals surface area contributed by atoms with Crippen LogP contribution in [-0.4, -0.2) is 29.2 Å². The van der Waals surface area contributed by atoms with Crippen molar-refractivity contribution in [2.24, 2.45) is 11.3 Å². The van der Waals surface area contributed by atoms with Gasteiger partial charge in [-0.2, -0.15) is 0 Å². The molecule has 0 radical (unpaired) electrons. The molecular weight excluding hydrogens is 222 g/mol. The predicted octanol–water partition coefficient (Wildman–Crippen LogP) is 2.92. The van der Waals surface area contributed by atoms with Gasteiger partial charge in [-0.15, -0.1) is 0 Å². The van der Waals surface area contributed by atoms with Crippen LogP contribution in [0.15, 0.2) is 30.3 Å². The van der Waals surface area contributed by atoms with Crippen LogP contribution in [-0.2, 0) is 6.54 Å². The van der Waals surface area contributed by atoms with E-state index in [1.54, 1.807) is 0 Å². The molecule has 1 heterocycles. The SMILES string of the molecule is CC(C)(C)C1CCN(Cc2ccccc2)[C@@H]1CO. The van der Waals surface area contributed by atoms with E-state index in [2.05, 4.69) is 56.0 Å². The molecule has 100 valence electrons. The van der Waals surface area contributed by atoms with E-state index in [0.29, 0.717) is 12.0 Å². The average molecular weight is 247 g/mol. The Kier molecular flexibility index (Phi) is 4.08. The summed E-state index contributed by atoms with van der Waals surface area (Å²) in [5, 5.41) is 9.71. The zero-order valence-corrected chi connectivity index (χ0v) is 11.8. The molecular formula is C16H25NO. The van der Waals surface area contributed by atoms with E-state index in [4.69, 9.17) is 0 Å². The van der Waals surface area contributed by atoms with Crippen molar-refractivity contribution >= 4 is 0 Å². The van der Waals surface area contributed by atoms with Gasteiger partial charge in [-0.3, -0.25) is 4.90 Å². The molecule has 0 amide bonds. The fraction of sp³-hybridized carbons (Fsp3) is 0.625. The second-order valence-corrected chi connectivity index (χ2v) is 6.47. The standard InChI is InChI=1S/C16H25NO/c1-16(2,3)14-9-10-17(15(14)12-18)11-13-7-5-4-6-8-13/h4-8,14-15,18H,9-12H2,1-3H3/t14?,15-/m1/s1. The molecule has 2 rings (SSSR count). The number of hydrogen-bond acceptors (Lipinski definition) is 2. The summed E-state index contributed by atoms with van der Waals surface area (Å²) >= 11 is 0. The molecule has 1 aliphatic heterocycles. The highest BCUT2D eigenvalue weighted by Crippen LogP contribution is 2.38. The summed E-state index contributed by atoms with van der Waals surface area (Å²) in [6, 6.07) is 10.9. The van der Waals surface area contributed by atoms with E-state index in [-0.39, 0.29) is 12.0 Å². The van der Waals surface area contributed by atoms with Crippen molar-refractivity contribution in [3.05, 3.63) is 35.9 Å². The highest BCUT2D eigenvalue weighted by atomic mass is 16.3. The van der Waals surface area contributed by atoms with Crippen LogP contribution in [0.5, 0.6) is 0 Å². The molecule has 0 aliphatic carbocycles. The third-order valence-corrected chi connectivity index (χ3v) is 4.19. The molecule has 1 aromatic carbocycles. The Balaban J connectivity index is 2.07. The minimum atomic E-state index is 0.273. The van der Waals surface area contributed by atoms with Gasteiger partial charge in [0.15, 0.2) is 0 Å². The fourth-order valence-corrected chi connectivity index (χ4v) is 3.18. The molecule has 1 fully saturated rings. The van der Waals surface area contributed by atoms with Crippen molar-refractivity contribution < 1.29 is 5.11 Å². The number of likely N-dealkylation sites (tertiary alicyclic amines) is 1. The molecule has 0 aromatic heterocycles. The zero-order chi connectivity index (χ0) is 13.2. The topological polar surface area (TPSA) is 23.5 Å². The van der Waals surface area contributed by atoms with Crippen LogP contribution in [0, 0.1) is 11.3 Å². The van der Waals surface area contributed by atoms with E-state index in [1.165, 1.54) is 12.0 Å². The molecule has 2 nitrogen and oxygen atoms in total. The maximum Gasteiger partial charge on any atom is 0.0589 e. The molecule has 0 spiro atoms. The van der Waals surface area contributed by atoms with Gasteiger partial charge in [-0.1, -0.05) is 51.1 Å². The largest absolute Gasteiger partial charge is 0.395 e. The minimum Gasteiger partial charge on any atom is -0.395 e. The molecule has 1 aliphatic rings. The van der Waals surface area contributed by atoms with Crippen molar-refractivity contribution in [2.75, 3.05) is 13.2 Å². The van der Waals surface area contributed by atoms with Crippen LogP contribution in [0.25, 0.3) is 0 Å². The minimum absolute atomic E-state index is 0.273. The van der Waals surface area contributed by atoms with Crippen molar-refractivity contribution in [1.82, 2.24) is 4.90 Å². The lowest BCUT2D eigenvalue weighted by Gasteiger charge is -2.34. The molecule has 0 bridgehead atoms. The van der Waals surface area contributed by atoms with E-state index >= 15 is 0 Å². The number of aliphatic hydroxyl groups excluding tert-OH is 1. The summed E-state index contributed by atoms with van der Waals surface area (Å²) in [4.78, 5) is 2.44. The Morgan fingerprint density at radius 3 is 2.44 bits per heavy atom. The first kappa shape index (κ1) is 13.6. The first-order valence-electron chi connectivity index (χ1n) is 6.91. The van der Waals surface area contributed by atoms with E-state index < -0.39 is 0 Å². The molecule has 1 saturated heterocycles. The lowest BCUT2D eigenvalue weighted by molar-refractivity contribution is 0.0885. The lowest BCUT2D eigenvalue weighted by Crippen LogP contribution is -2.39. The third kappa shape index (κ3) is 2.93. The van der Waals surface area contributed by atoms with Crippen LogP contribution >= 0.6 is 0 Å². The molecule has 1 aromatic rings. The number of benzene rings is 1. The van der Waals surface area contributed by atoms with Crippen molar-refractivity contribution in [3.8, 4) is 0 Å². The quantitative estimate of drug-likeness (QED) is 0.887.